The van der Waals surface area contributed by atoms with Gasteiger partial charge in [0, 0.05) is 50.1 Å². The van der Waals surface area contributed by atoms with Gasteiger partial charge in [-0.1, -0.05) is 18.7 Å². The summed E-state index contributed by atoms with van der Waals surface area (Å²) >= 11 is 3.42. The molecule has 0 radical (unpaired) electrons. The number of amides is 2. The molecule has 2 rings (SSSR count). The topological polar surface area (TPSA) is 48.5 Å². The molecule has 20 heavy (non-hydrogen) atoms. The zero-order valence-electron chi connectivity index (χ0n) is 11.9. The number of hydrogen-bond donors (Lipinski definition) is 1. The Morgan fingerprint density at radius 2 is 2.25 bits per heavy atom. The van der Waals surface area contributed by atoms with E-state index in [2.05, 4.69) is 22.1 Å². The van der Waals surface area contributed by atoms with Crippen LogP contribution in [-0.2, 0) is 0 Å². The number of thiazole rings is 1. The zero-order valence-corrected chi connectivity index (χ0v) is 13.5. The molecule has 0 saturated carbocycles. The smallest absolute Gasteiger partial charge is 0.317 e. The van der Waals surface area contributed by atoms with E-state index in [9.17, 15) is 4.79 Å². The molecule has 0 atom stereocenters. The summed E-state index contributed by atoms with van der Waals surface area (Å²) in [4.78, 5) is 20.5. The minimum Gasteiger partial charge on any atom is -0.338 e. The van der Waals surface area contributed by atoms with E-state index in [-0.39, 0.29) is 6.03 Å². The third-order valence-electron chi connectivity index (χ3n) is 3.34. The highest BCUT2D eigenvalue weighted by Gasteiger charge is 2.19. The molecule has 1 aromatic rings. The van der Waals surface area contributed by atoms with Gasteiger partial charge < -0.3 is 15.1 Å². The first-order valence-electron chi connectivity index (χ1n) is 7.07. The number of carbonyl (C=O) groups is 1. The highest BCUT2D eigenvalue weighted by molar-refractivity contribution is 8.00. The number of hydrogen-bond acceptors (Lipinski definition) is 5. The predicted octanol–water partition coefficient (Wildman–Crippen LogP) is 1.97. The average Bonchev–Trinajstić information content (AvgIpc) is 3.00. The Morgan fingerprint density at radius 3 is 2.90 bits per heavy atom. The third-order valence-corrected chi connectivity index (χ3v) is 5.39. The van der Waals surface area contributed by atoms with Crippen molar-refractivity contribution < 1.29 is 4.79 Å². The summed E-state index contributed by atoms with van der Waals surface area (Å²) in [5.41, 5.74) is 0. The number of likely N-dealkylation sites (N-methyl/N-ethyl adjacent to an activating group) is 1. The Hall–Kier alpha value is -0.790. The molecule has 1 aromatic heterocycles. The first-order valence-corrected chi connectivity index (χ1v) is 8.93. The van der Waals surface area contributed by atoms with Crippen molar-refractivity contribution in [2.45, 2.75) is 17.7 Å². The van der Waals surface area contributed by atoms with Crippen molar-refractivity contribution in [3.63, 3.8) is 0 Å². The van der Waals surface area contributed by atoms with Crippen molar-refractivity contribution in [2.24, 2.45) is 0 Å². The van der Waals surface area contributed by atoms with Crippen molar-refractivity contribution in [3.05, 3.63) is 11.6 Å². The first kappa shape index (κ1) is 15.6. The number of carbonyl (C=O) groups excluding carboxylic acids is 1. The van der Waals surface area contributed by atoms with E-state index >= 15 is 0 Å². The fourth-order valence-electron chi connectivity index (χ4n) is 2.09. The van der Waals surface area contributed by atoms with Gasteiger partial charge in [0.1, 0.15) is 4.34 Å². The Labute approximate surface area is 128 Å². The van der Waals surface area contributed by atoms with Crippen LogP contribution in [0.15, 0.2) is 15.9 Å². The van der Waals surface area contributed by atoms with Crippen molar-refractivity contribution in [3.8, 4) is 0 Å². The fraction of sp³-hybridized carbons (Fsp3) is 0.692. The van der Waals surface area contributed by atoms with Gasteiger partial charge >= 0.3 is 6.03 Å². The van der Waals surface area contributed by atoms with E-state index in [1.165, 1.54) is 0 Å². The number of nitrogens with one attached hydrogen (secondary N) is 1. The van der Waals surface area contributed by atoms with Crippen molar-refractivity contribution in [2.75, 3.05) is 45.0 Å². The monoisotopic (exact) mass is 314 g/mol. The lowest BCUT2D eigenvalue weighted by Gasteiger charge is -2.34. The van der Waals surface area contributed by atoms with Crippen LogP contribution in [0.2, 0.25) is 0 Å². The Kier molecular flexibility index (Phi) is 6.62. The maximum absolute atomic E-state index is 12.0. The SMILES string of the molecule is CCN1CCN(C(=O)NCCCSc2nccs2)CC1. The maximum Gasteiger partial charge on any atom is 0.317 e. The Morgan fingerprint density at radius 1 is 1.45 bits per heavy atom. The molecule has 1 N–H and O–H groups in total. The molecule has 0 spiro atoms. The second-order valence-electron chi connectivity index (χ2n) is 4.65. The molecule has 7 heteroatoms. The van der Waals surface area contributed by atoms with Crippen molar-refractivity contribution in [1.82, 2.24) is 20.1 Å². The number of aromatic nitrogens is 1. The molecule has 0 aromatic carbocycles. The highest BCUT2D eigenvalue weighted by atomic mass is 32.2. The molecule has 2 heterocycles. The van der Waals surface area contributed by atoms with Crippen molar-refractivity contribution >= 4 is 29.1 Å². The van der Waals surface area contributed by atoms with Crippen LogP contribution in [0.3, 0.4) is 0 Å². The standard InChI is InChI=1S/C13H22N4OS2/c1-2-16-6-8-17(9-7-16)12(18)14-4-3-10-19-13-15-5-11-20-13/h5,11H,2-4,6-10H2,1H3,(H,14,18). The molecule has 0 aliphatic carbocycles. The highest BCUT2D eigenvalue weighted by Crippen LogP contribution is 2.20. The Balaban J connectivity index is 1.54. The second-order valence-corrected chi connectivity index (χ2v) is 6.89. The average molecular weight is 314 g/mol. The number of nitrogens with zero attached hydrogens (tertiary/aromatic N) is 3. The fourth-order valence-corrected chi connectivity index (χ4v) is 3.73. The van der Waals surface area contributed by atoms with E-state index in [0.29, 0.717) is 0 Å². The van der Waals surface area contributed by atoms with Gasteiger partial charge in [0.15, 0.2) is 0 Å². The number of rotatable bonds is 6. The molecule has 1 saturated heterocycles. The normalized spacial score (nSPS) is 16.4. The van der Waals surface area contributed by atoms with Crippen molar-refractivity contribution in [1.29, 1.82) is 0 Å². The Bertz CT molecular complexity index is 391. The summed E-state index contributed by atoms with van der Waals surface area (Å²) in [5, 5.41) is 4.99. The molecule has 1 aliphatic heterocycles. The lowest BCUT2D eigenvalue weighted by atomic mass is 10.3. The molecule has 112 valence electrons. The summed E-state index contributed by atoms with van der Waals surface area (Å²) in [6, 6.07) is 0.0833. The van der Waals surface area contributed by atoms with Crippen LogP contribution in [0.4, 0.5) is 4.79 Å². The van der Waals surface area contributed by atoms with Crippen LogP contribution >= 0.6 is 23.1 Å². The molecule has 1 aliphatic rings. The van der Waals surface area contributed by atoms with E-state index < -0.39 is 0 Å². The summed E-state index contributed by atoms with van der Waals surface area (Å²) in [5.74, 6) is 0.997. The van der Waals surface area contributed by atoms with Crippen LogP contribution in [0.25, 0.3) is 0 Å². The molecular formula is C13H22N4OS2. The van der Waals surface area contributed by atoms with Crippen LogP contribution in [0, 0.1) is 0 Å². The second kappa shape index (κ2) is 8.49. The van der Waals surface area contributed by atoms with Gasteiger partial charge in [-0.25, -0.2) is 9.78 Å². The third kappa shape index (κ3) is 4.96. The molecular weight excluding hydrogens is 292 g/mol. The quantitative estimate of drug-likeness (QED) is 0.644. The number of thioether (sulfide) groups is 1. The zero-order chi connectivity index (χ0) is 14.2. The van der Waals surface area contributed by atoms with Crippen LogP contribution in [0.5, 0.6) is 0 Å². The van der Waals surface area contributed by atoms with Gasteiger partial charge in [-0.2, -0.15) is 0 Å². The first-order chi connectivity index (χ1) is 9.79. The minimum atomic E-state index is 0.0833. The lowest BCUT2D eigenvalue weighted by molar-refractivity contribution is 0.143. The van der Waals surface area contributed by atoms with Gasteiger partial charge in [0.2, 0.25) is 0 Å². The van der Waals surface area contributed by atoms with Gasteiger partial charge in [-0.3, -0.25) is 0 Å². The van der Waals surface area contributed by atoms with Crippen LogP contribution in [-0.4, -0.2) is 65.8 Å². The van der Waals surface area contributed by atoms with Gasteiger partial charge in [-0.05, 0) is 13.0 Å². The minimum absolute atomic E-state index is 0.0833. The molecule has 1 fully saturated rings. The van der Waals surface area contributed by atoms with Gasteiger partial charge in [-0.15, -0.1) is 11.3 Å². The maximum atomic E-state index is 12.0. The molecule has 2 amide bonds. The van der Waals surface area contributed by atoms with E-state index in [1.54, 1.807) is 23.1 Å². The number of urea groups is 1. The molecule has 0 bridgehead atoms. The van der Waals surface area contributed by atoms with E-state index in [0.717, 1.165) is 55.8 Å². The molecule has 0 unspecified atom stereocenters. The summed E-state index contributed by atoms with van der Waals surface area (Å²) in [6.45, 7) is 7.64. The summed E-state index contributed by atoms with van der Waals surface area (Å²) in [7, 11) is 0. The lowest BCUT2D eigenvalue weighted by Crippen LogP contribution is -2.51. The predicted molar refractivity (Wildman–Crippen MR) is 84.5 cm³/mol. The van der Waals surface area contributed by atoms with Crippen LogP contribution < -0.4 is 5.32 Å². The summed E-state index contributed by atoms with van der Waals surface area (Å²) < 4.78 is 1.10. The largest absolute Gasteiger partial charge is 0.338 e. The number of piperazine rings is 1. The van der Waals surface area contributed by atoms with E-state index in [4.69, 9.17) is 0 Å². The summed E-state index contributed by atoms with van der Waals surface area (Å²) in [6.07, 6.45) is 2.80. The van der Waals surface area contributed by atoms with Gasteiger partial charge in [0.25, 0.3) is 0 Å². The van der Waals surface area contributed by atoms with Gasteiger partial charge in [0.05, 0.1) is 0 Å². The molecule has 5 nitrogen and oxygen atoms in total. The van der Waals surface area contributed by atoms with E-state index in [1.807, 2.05) is 16.5 Å². The van der Waals surface area contributed by atoms with Crippen LogP contribution in [0.1, 0.15) is 13.3 Å².